The van der Waals surface area contributed by atoms with E-state index in [2.05, 4.69) is 10.5 Å². The fraction of sp³-hybridized carbons (Fsp3) is 0.130. The van der Waals surface area contributed by atoms with Crippen LogP contribution in [0.4, 0.5) is 5.69 Å². The lowest BCUT2D eigenvalue weighted by Gasteiger charge is -2.11. The highest BCUT2D eigenvalue weighted by molar-refractivity contribution is 5.97. The molecule has 0 spiro atoms. The molecule has 0 aliphatic heterocycles. The first-order valence-electron chi connectivity index (χ1n) is 9.53. The van der Waals surface area contributed by atoms with Crippen molar-refractivity contribution < 1.29 is 23.9 Å². The van der Waals surface area contributed by atoms with E-state index < -0.39 is 10.8 Å². The fourth-order valence-corrected chi connectivity index (χ4v) is 2.94. The molecule has 0 aliphatic rings. The summed E-state index contributed by atoms with van der Waals surface area (Å²) in [5, 5.41) is 15.2. The van der Waals surface area contributed by atoms with Crippen LogP contribution in [0.25, 0.3) is 0 Å². The molecule has 9 nitrogen and oxygen atoms in total. The van der Waals surface area contributed by atoms with Gasteiger partial charge in [-0.05, 0) is 42.0 Å². The quantitative estimate of drug-likeness (QED) is 0.309. The van der Waals surface area contributed by atoms with E-state index in [9.17, 15) is 14.9 Å². The number of methoxy groups -OCH3 is 2. The highest BCUT2D eigenvalue weighted by Gasteiger charge is 2.15. The molecule has 0 atom stereocenters. The topological polar surface area (TPSA) is 112 Å². The van der Waals surface area contributed by atoms with E-state index in [0.717, 1.165) is 0 Å². The van der Waals surface area contributed by atoms with Crippen LogP contribution in [0.1, 0.15) is 21.5 Å². The minimum absolute atomic E-state index is 0.0449. The van der Waals surface area contributed by atoms with Crippen molar-refractivity contribution in [2.75, 3.05) is 14.2 Å². The molecule has 32 heavy (non-hydrogen) atoms. The molecule has 0 aromatic heterocycles. The molecule has 0 unspecified atom stereocenters. The van der Waals surface area contributed by atoms with Crippen molar-refractivity contribution in [3.63, 3.8) is 0 Å². The Balaban J connectivity index is 1.72. The van der Waals surface area contributed by atoms with Crippen molar-refractivity contribution in [2.45, 2.75) is 6.61 Å². The maximum atomic E-state index is 12.3. The van der Waals surface area contributed by atoms with Gasteiger partial charge in [0, 0.05) is 11.6 Å². The minimum Gasteiger partial charge on any atom is -0.496 e. The molecule has 0 radical (unpaired) electrons. The van der Waals surface area contributed by atoms with E-state index in [4.69, 9.17) is 14.2 Å². The summed E-state index contributed by atoms with van der Waals surface area (Å²) in [5.74, 6) is 0.743. The van der Waals surface area contributed by atoms with Crippen molar-refractivity contribution in [2.24, 2.45) is 5.10 Å². The number of nitrogens with one attached hydrogen (secondary N) is 1. The number of amides is 1. The molecule has 1 amide bonds. The summed E-state index contributed by atoms with van der Waals surface area (Å²) in [4.78, 5) is 23.0. The average molecular weight is 435 g/mol. The monoisotopic (exact) mass is 435 g/mol. The van der Waals surface area contributed by atoms with E-state index >= 15 is 0 Å². The second kappa shape index (κ2) is 10.6. The zero-order valence-electron chi connectivity index (χ0n) is 17.5. The zero-order valence-corrected chi connectivity index (χ0v) is 17.5. The van der Waals surface area contributed by atoms with Gasteiger partial charge in [-0.2, -0.15) is 5.10 Å². The molecule has 0 bridgehead atoms. The van der Waals surface area contributed by atoms with Crippen molar-refractivity contribution in [1.29, 1.82) is 0 Å². The third kappa shape index (κ3) is 5.39. The first-order valence-corrected chi connectivity index (χ1v) is 9.53. The maximum absolute atomic E-state index is 12.3. The van der Waals surface area contributed by atoms with Gasteiger partial charge in [0.05, 0.1) is 30.9 Å². The normalized spacial score (nSPS) is 10.6. The maximum Gasteiger partial charge on any atom is 0.310 e. The number of carbonyl (C=O) groups is 1. The van der Waals surface area contributed by atoms with Gasteiger partial charge in [0.25, 0.3) is 5.91 Å². The Hall–Kier alpha value is -4.40. The number of para-hydroxylation sites is 3. The number of nitrogens with zero attached hydrogens (tertiary/aromatic N) is 2. The van der Waals surface area contributed by atoms with Crippen molar-refractivity contribution in [1.82, 2.24) is 5.43 Å². The summed E-state index contributed by atoms with van der Waals surface area (Å²) in [6.07, 6.45) is 1.47. The van der Waals surface area contributed by atoms with Gasteiger partial charge in [-0.25, -0.2) is 5.43 Å². The van der Waals surface area contributed by atoms with E-state index in [0.29, 0.717) is 28.2 Å². The first-order chi connectivity index (χ1) is 15.5. The molecule has 3 aromatic rings. The summed E-state index contributed by atoms with van der Waals surface area (Å²) in [7, 11) is 3.01. The van der Waals surface area contributed by atoms with Gasteiger partial charge in [0.2, 0.25) is 0 Å². The molecule has 0 fully saturated rings. The lowest BCUT2D eigenvalue weighted by atomic mass is 10.1. The van der Waals surface area contributed by atoms with Crippen LogP contribution >= 0.6 is 0 Å². The number of hydrogen-bond donors (Lipinski definition) is 1. The lowest BCUT2D eigenvalue weighted by Crippen LogP contribution is -2.18. The molecule has 0 saturated heterocycles. The molecule has 3 rings (SSSR count). The average Bonchev–Trinajstić information content (AvgIpc) is 2.82. The number of ether oxygens (including phenoxy) is 3. The molecule has 1 N–H and O–H groups in total. The van der Waals surface area contributed by atoms with Crippen LogP contribution in [-0.2, 0) is 6.61 Å². The highest BCUT2D eigenvalue weighted by Crippen LogP contribution is 2.28. The molecular weight excluding hydrogens is 414 g/mol. The SMILES string of the molecule is COc1ccc(/C=N/NC(=O)c2ccccc2OC)cc1COc1ccccc1[N+](=O)[O-]. The van der Waals surface area contributed by atoms with Crippen LogP contribution in [0.3, 0.4) is 0 Å². The molecule has 0 aliphatic carbocycles. The van der Waals surface area contributed by atoms with Gasteiger partial charge in [-0.1, -0.05) is 24.3 Å². The second-order valence-electron chi connectivity index (χ2n) is 6.48. The van der Waals surface area contributed by atoms with Gasteiger partial charge in [-0.15, -0.1) is 0 Å². The third-order valence-electron chi connectivity index (χ3n) is 4.48. The molecule has 0 heterocycles. The summed E-state index contributed by atoms with van der Waals surface area (Å²) in [6.45, 7) is 0.0449. The number of carbonyl (C=O) groups excluding carboxylic acids is 1. The summed E-state index contributed by atoms with van der Waals surface area (Å²) in [5.41, 5.74) is 4.03. The van der Waals surface area contributed by atoms with Gasteiger partial charge in [-0.3, -0.25) is 14.9 Å². The molecule has 9 heteroatoms. The van der Waals surface area contributed by atoms with Gasteiger partial charge in [0.15, 0.2) is 5.75 Å². The number of hydrogen-bond acceptors (Lipinski definition) is 7. The Morgan fingerprint density at radius 3 is 2.41 bits per heavy atom. The van der Waals surface area contributed by atoms with Gasteiger partial charge >= 0.3 is 5.69 Å². The smallest absolute Gasteiger partial charge is 0.310 e. The predicted molar refractivity (Wildman–Crippen MR) is 118 cm³/mol. The van der Waals surface area contributed by atoms with E-state index in [1.807, 2.05) is 0 Å². The fourth-order valence-electron chi connectivity index (χ4n) is 2.94. The Bertz CT molecular complexity index is 1150. The predicted octanol–water partition coefficient (Wildman–Crippen LogP) is 3.95. The van der Waals surface area contributed by atoms with E-state index in [-0.39, 0.29) is 18.0 Å². The lowest BCUT2D eigenvalue weighted by molar-refractivity contribution is -0.385. The molecule has 164 valence electrons. The third-order valence-corrected chi connectivity index (χ3v) is 4.48. The van der Waals surface area contributed by atoms with Crippen LogP contribution in [0.2, 0.25) is 0 Å². The van der Waals surface area contributed by atoms with Crippen LogP contribution in [-0.4, -0.2) is 31.3 Å². The molecule has 3 aromatic carbocycles. The zero-order chi connectivity index (χ0) is 22.9. The van der Waals surface area contributed by atoms with Gasteiger partial charge in [0.1, 0.15) is 18.1 Å². The molecule has 0 saturated carbocycles. The Kier molecular flexibility index (Phi) is 7.37. The number of benzene rings is 3. The van der Waals surface area contributed by atoms with Crippen LogP contribution in [0.5, 0.6) is 17.2 Å². The summed E-state index contributed by atoms with van der Waals surface area (Å²) in [6, 6.07) is 18.2. The standard InChI is InChI=1S/C23H21N3O6/c1-30-20-12-11-16(14-24-25-23(27)18-7-3-5-9-21(18)31-2)13-17(20)15-32-22-10-6-4-8-19(22)26(28)29/h3-14H,15H2,1-2H3,(H,25,27)/b24-14+. The van der Waals surface area contributed by atoms with Crippen LogP contribution in [0.15, 0.2) is 71.8 Å². The number of hydrazone groups is 1. The minimum atomic E-state index is -0.500. The summed E-state index contributed by atoms with van der Waals surface area (Å²) < 4.78 is 16.2. The Morgan fingerprint density at radius 1 is 1.00 bits per heavy atom. The second-order valence-corrected chi connectivity index (χ2v) is 6.48. The Morgan fingerprint density at radius 2 is 1.69 bits per heavy atom. The van der Waals surface area contributed by atoms with E-state index in [1.165, 1.54) is 32.6 Å². The number of nitro benzene ring substituents is 1. The van der Waals surface area contributed by atoms with Crippen LogP contribution < -0.4 is 19.6 Å². The van der Waals surface area contributed by atoms with E-state index in [1.54, 1.807) is 54.6 Å². The number of nitro groups is 1. The molecular formula is C23H21N3O6. The summed E-state index contributed by atoms with van der Waals surface area (Å²) >= 11 is 0. The van der Waals surface area contributed by atoms with Crippen molar-refractivity contribution in [3.05, 3.63) is 93.5 Å². The first kappa shape index (κ1) is 22.3. The Labute approximate surface area is 184 Å². The highest BCUT2D eigenvalue weighted by atomic mass is 16.6. The van der Waals surface area contributed by atoms with Gasteiger partial charge < -0.3 is 14.2 Å². The van der Waals surface area contributed by atoms with Crippen LogP contribution in [0, 0.1) is 10.1 Å². The van der Waals surface area contributed by atoms with Crippen molar-refractivity contribution >= 4 is 17.8 Å². The van der Waals surface area contributed by atoms with Crippen molar-refractivity contribution in [3.8, 4) is 17.2 Å². The number of rotatable bonds is 9. The largest absolute Gasteiger partial charge is 0.496 e.